The molecule has 32 heavy (non-hydrogen) atoms. The summed E-state index contributed by atoms with van der Waals surface area (Å²) in [4.78, 5) is 17.3. The summed E-state index contributed by atoms with van der Waals surface area (Å²) in [5.74, 6) is 0. The van der Waals surface area contributed by atoms with Gasteiger partial charge in [0.25, 0.3) is 0 Å². The average Bonchev–Trinajstić information content (AvgIpc) is 2.77. The second-order valence-electron chi connectivity index (χ2n) is 7.91. The first-order valence-corrected chi connectivity index (χ1v) is 13.8. The number of nitrogens with two attached hydrogens (primary N) is 1. The van der Waals surface area contributed by atoms with Gasteiger partial charge in [-0.1, -0.05) is 76.9 Å². The van der Waals surface area contributed by atoms with E-state index in [1.165, 1.54) is 70.6 Å². The minimum Gasteiger partial charge on any atom is -0.395 e. The van der Waals surface area contributed by atoms with Crippen LogP contribution in [0.15, 0.2) is 12.2 Å². The Kier molecular flexibility index (Phi) is 28.5. The first kappa shape index (κ1) is 33.9. The van der Waals surface area contributed by atoms with Crippen molar-refractivity contribution in [2.45, 2.75) is 103 Å². The molecule has 0 aliphatic carbocycles. The third kappa shape index (κ3) is 31.9. The number of phosphoric acid groups is 1. The Morgan fingerprint density at radius 2 is 1.31 bits per heavy atom. The zero-order chi connectivity index (χ0) is 24.3. The molecule has 0 aromatic carbocycles. The van der Waals surface area contributed by atoms with Crippen LogP contribution in [0.25, 0.3) is 0 Å². The smallest absolute Gasteiger partial charge is 0.395 e. The van der Waals surface area contributed by atoms with Gasteiger partial charge in [-0.3, -0.25) is 4.52 Å². The molecule has 0 amide bonds. The van der Waals surface area contributed by atoms with Crippen LogP contribution in [0.4, 0.5) is 0 Å². The molecule has 1 atom stereocenters. The number of hydrogen-bond donors (Lipinski definition) is 5. The molecule has 0 aliphatic heterocycles. The number of unbranched alkanes of at least 4 members (excludes halogenated alkanes) is 12. The third-order valence-corrected chi connectivity index (χ3v) is 5.26. The molecule has 0 radical (unpaired) electrons. The zero-order valence-electron chi connectivity index (χ0n) is 20.2. The van der Waals surface area contributed by atoms with Crippen LogP contribution in [0.3, 0.4) is 0 Å². The van der Waals surface area contributed by atoms with Gasteiger partial charge in [0.05, 0.1) is 19.8 Å². The van der Waals surface area contributed by atoms with Gasteiger partial charge in [0.15, 0.2) is 0 Å². The fraction of sp³-hybridized carbons (Fsp3) is 0.913. The summed E-state index contributed by atoms with van der Waals surface area (Å²) < 4.78 is 20.3. The van der Waals surface area contributed by atoms with Crippen molar-refractivity contribution in [3.8, 4) is 0 Å². The van der Waals surface area contributed by atoms with Gasteiger partial charge in [-0.05, 0) is 32.1 Å². The summed E-state index contributed by atoms with van der Waals surface area (Å²) in [6, 6.07) is 0. The Labute approximate surface area is 195 Å². The van der Waals surface area contributed by atoms with E-state index < -0.39 is 13.9 Å². The van der Waals surface area contributed by atoms with E-state index >= 15 is 0 Å². The number of hydrogen-bond acceptors (Lipinski definition) is 6. The molecule has 0 rings (SSSR count). The van der Waals surface area contributed by atoms with E-state index in [1.807, 2.05) is 0 Å². The average molecular weight is 484 g/mol. The van der Waals surface area contributed by atoms with Crippen LogP contribution in [-0.2, 0) is 13.8 Å². The van der Waals surface area contributed by atoms with Gasteiger partial charge in [-0.15, -0.1) is 0 Å². The summed E-state index contributed by atoms with van der Waals surface area (Å²) in [6.45, 7) is 2.58. The first-order chi connectivity index (χ1) is 15.4. The molecule has 0 aromatic rings. The van der Waals surface area contributed by atoms with Crippen LogP contribution in [0.1, 0.15) is 96.8 Å². The lowest BCUT2D eigenvalue weighted by Gasteiger charge is -2.15. The molecule has 9 heteroatoms. The molecule has 6 N–H and O–H groups in total. The molecule has 0 fully saturated rings. The molecule has 0 bridgehead atoms. The predicted octanol–water partition coefficient (Wildman–Crippen LogP) is 4.45. The SMILES string of the molecule is CCCCCCCC/C=C\CCCCCCCCOC(CO)COP(=O)(O)O.NCCO. The number of phosphoric ester groups is 1. The van der Waals surface area contributed by atoms with Crippen molar-refractivity contribution in [2.75, 3.05) is 33.0 Å². The van der Waals surface area contributed by atoms with Crippen molar-refractivity contribution < 1.29 is 33.8 Å². The van der Waals surface area contributed by atoms with Crippen molar-refractivity contribution in [2.24, 2.45) is 5.73 Å². The topological polar surface area (TPSA) is 142 Å². The van der Waals surface area contributed by atoms with Gasteiger partial charge in [-0.2, -0.15) is 0 Å². The number of allylic oxidation sites excluding steroid dienone is 2. The molecule has 0 spiro atoms. The van der Waals surface area contributed by atoms with E-state index in [2.05, 4.69) is 23.6 Å². The largest absolute Gasteiger partial charge is 0.469 e. The highest BCUT2D eigenvalue weighted by molar-refractivity contribution is 7.46. The summed E-state index contributed by atoms with van der Waals surface area (Å²) >= 11 is 0. The number of ether oxygens (including phenoxy) is 1. The Bertz CT molecular complexity index is 431. The van der Waals surface area contributed by atoms with Crippen molar-refractivity contribution in [1.29, 1.82) is 0 Å². The van der Waals surface area contributed by atoms with E-state index in [1.54, 1.807) is 0 Å². The maximum absolute atomic E-state index is 10.6. The summed E-state index contributed by atoms with van der Waals surface area (Å²) in [7, 11) is -4.51. The van der Waals surface area contributed by atoms with E-state index in [0.717, 1.165) is 19.3 Å². The van der Waals surface area contributed by atoms with E-state index in [4.69, 9.17) is 30.5 Å². The summed E-state index contributed by atoms with van der Waals surface area (Å²) in [5.41, 5.74) is 4.78. The van der Waals surface area contributed by atoms with E-state index in [0.29, 0.717) is 13.2 Å². The zero-order valence-corrected chi connectivity index (χ0v) is 21.1. The monoisotopic (exact) mass is 483 g/mol. The normalized spacial score (nSPS) is 12.7. The molecular formula is C23H50NO7P. The molecule has 194 valence electrons. The van der Waals surface area contributed by atoms with Crippen LogP contribution in [0.2, 0.25) is 0 Å². The van der Waals surface area contributed by atoms with Crippen molar-refractivity contribution in [3.63, 3.8) is 0 Å². The Balaban J connectivity index is 0. The molecule has 0 aromatic heterocycles. The van der Waals surface area contributed by atoms with Crippen molar-refractivity contribution >= 4 is 7.82 Å². The van der Waals surface area contributed by atoms with Crippen LogP contribution in [0, 0.1) is 0 Å². The first-order valence-electron chi connectivity index (χ1n) is 12.3. The fourth-order valence-corrected chi connectivity index (χ4v) is 3.29. The van der Waals surface area contributed by atoms with Gasteiger partial charge in [0.1, 0.15) is 6.10 Å². The highest BCUT2D eigenvalue weighted by Crippen LogP contribution is 2.35. The molecule has 1 unspecified atom stereocenters. The van der Waals surface area contributed by atoms with Gasteiger partial charge in [-0.25, -0.2) is 4.57 Å². The lowest BCUT2D eigenvalue weighted by Crippen LogP contribution is -2.24. The van der Waals surface area contributed by atoms with Gasteiger partial charge in [0.2, 0.25) is 0 Å². The second kappa shape index (κ2) is 26.9. The summed E-state index contributed by atoms with van der Waals surface area (Å²) in [6.07, 6.45) is 21.3. The minimum absolute atomic E-state index is 0.0972. The lowest BCUT2D eigenvalue weighted by molar-refractivity contribution is -0.0205. The van der Waals surface area contributed by atoms with Crippen LogP contribution in [-0.4, -0.2) is 59.1 Å². The van der Waals surface area contributed by atoms with Crippen molar-refractivity contribution in [1.82, 2.24) is 0 Å². The molecule has 0 saturated heterocycles. The lowest BCUT2D eigenvalue weighted by atomic mass is 10.1. The second-order valence-corrected chi connectivity index (χ2v) is 9.15. The minimum atomic E-state index is -4.51. The standard InChI is InChI=1S/C21H43O6P.C2H7NO/c1-2-3-4-5-6-7-8-9-10-11-12-13-14-15-16-17-18-26-21(19-22)20-27-28(23,24)25;3-1-2-4/h9-10,21-22H,2-8,11-20H2,1H3,(H2,23,24,25);4H,1-3H2/b10-9-;. The van der Waals surface area contributed by atoms with E-state index in [-0.39, 0.29) is 19.8 Å². The Morgan fingerprint density at radius 1 is 0.844 bits per heavy atom. The Hall–Kier alpha value is -0.310. The highest BCUT2D eigenvalue weighted by Gasteiger charge is 2.18. The van der Waals surface area contributed by atoms with Crippen LogP contribution < -0.4 is 5.73 Å². The molecule has 0 saturated carbocycles. The predicted molar refractivity (Wildman–Crippen MR) is 130 cm³/mol. The number of aliphatic hydroxyl groups is 2. The number of rotatable bonds is 22. The van der Waals surface area contributed by atoms with E-state index in [9.17, 15) is 4.57 Å². The van der Waals surface area contributed by atoms with Crippen LogP contribution >= 0.6 is 7.82 Å². The van der Waals surface area contributed by atoms with Gasteiger partial charge < -0.3 is 30.5 Å². The fourth-order valence-electron chi connectivity index (χ4n) is 2.93. The maximum atomic E-state index is 10.6. The van der Waals surface area contributed by atoms with Crippen LogP contribution in [0.5, 0.6) is 0 Å². The Morgan fingerprint density at radius 3 is 1.75 bits per heavy atom. The quantitative estimate of drug-likeness (QED) is 0.0863. The molecule has 0 aliphatic rings. The molecule has 8 nitrogen and oxygen atoms in total. The van der Waals surface area contributed by atoms with Gasteiger partial charge in [0, 0.05) is 13.2 Å². The maximum Gasteiger partial charge on any atom is 0.469 e. The third-order valence-electron chi connectivity index (χ3n) is 4.77. The number of aliphatic hydroxyl groups excluding tert-OH is 2. The van der Waals surface area contributed by atoms with Gasteiger partial charge >= 0.3 is 7.82 Å². The molecule has 0 heterocycles. The molecular weight excluding hydrogens is 433 g/mol. The van der Waals surface area contributed by atoms with Crippen molar-refractivity contribution in [3.05, 3.63) is 12.2 Å². The highest BCUT2D eigenvalue weighted by atomic mass is 31.2. The summed E-state index contributed by atoms with van der Waals surface area (Å²) in [5, 5.41) is 16.8.